The average Bonchev–Trinajstić information content (AvgIpc) is 2.96. The van der Waals surface area contributed by atoms with E-state index in [9.17, 15) is 8.42 Å². The quantitative estimate of drug-likeness (QED) is 0.795. The minimum absolute atomic E-state index is 0.136. The van der Waals surface area contributed by atoms with Crippen LogP contribution in [-0.2, 0) is 23.0 Å². The summed E-state index contributed by atoms with van der Waals surface area (Å²) in [7, 11) is -3.56. The summed E-state index contributed by atoms with van der Waals surface area (Å²) in [5.74, 6) is 0.664. The summed E-state index contributed by atoms with van der Waals surface area (Å²) in [5.41, 5.74) is 7.19. The Morgan fingerprint density at radius 1 is 1.24 bits per heavy atom. The van der Waals surface area contributed by atoms with Crippen LogP contribution in [0.4, 0.5) is 5.69 Å². The van der Waals surface area contributed by atoms with Crippen LogP contribution in [0.3, 0.4) is 0 Å². The number of nitrogens with two attached hydrogens (primary N) is 1. The van der Waals surface area contributed by atoms with Gasteiger partial charge >= 0.3 is 0 Å². The molecular formula is C14H20N4O2S. The van der Waals surface area contributed by atoms with Crippen LogP contribution in [0.2, 0.25) is 0 Å². The lowest BCUT2D eigenvalue weighted by molar-refractivity contribution is 0.421. The second-order valence-corrected chi connectivity index (χ2v) is 6.63. The molecule has 0 saturated heterocycles. The molecule has 2 rings (SSSR count). The van der Waals surface area contributed by atoms with Gasteiger partial charge in [-0.25, -0.2) is 13.4 Å². The van der Waals surface area contributed by atoms with Crippen LogP contribution in [0.5, 0.6) is 0 Å². The largest absolute Gasteiger partial charge is 0.399 e. The Labute approximate surface area is 125 Å². The molecule has 0 aliphatic rings. The predicted octanol–water partition coefficient (Wildman–Crippen LogP) is 1.77. The van der Waals surface area contributed by atoms with Gasteiger partial charge in [0.15, 0.2) is 5.03 Å². The fourth-order valence-corrected chi connectivity index (χ4v) is 3.36. The highest BCUT2D eigenvalue weighted by atomic mass is 32.2. The summed E-state index contributed by atoms with van der Waals surface area (Å²) >= 11 is 0. The number of aromatic amines is 1. The molecule has 6 nitrogen and oxygen atoms in total. The van der Waals surface area contributed by atoms with E-state index in [-0.39, 0.29) is 5.03 Å². The van der Waals surface area contributed by atoms with Gasteiger partial charge in [0.25, 0.3) is 10.0 Å². The van der Waals surface area contributed by atoms with Crippen molar-refractivity contribution < 1.29 is 8.42 Å². The van der Waals surface area contributed by atoms with Crippen molar-refractivity contribution in [1.82, 2.24) is 14.3 Å². The molecule has 0 spiro atoms. The Morgan fingerprint density at radius 3 is 2.43 bits per heavy atom. The standard InChI is InChI=1S/C14H20N4O2S/c1-3-13-16-9-14(17-13)21(19,20)18(4-2)10-11-5-7-12(15)8-6-11/h5-9H,3-4,10,15H2,1-2H3,(H,16,17). The summed E-state index contributed by atoms with van der Waals surface area (Å²) in [4.78, 5) is 6.91. The Balaban J connectivity index is 2.24. The van der Waals surface area contributed by atoms with Crippen molar-refractivity contribution in [2.45, 2.75) is 31.8 Å². The summed E-state index contributed by atoms with van der Waals surface area (Å²) in [6, 6.07) is 7.19. The van der Waals surface area contributed by atoms with Crippen LogP contribution < -0.4 is 5.73 Å². The second-order valence-electron chi connectivity index (χ2n) is 4.72. The number of nitrogens with one attached hydrogen (secondary N) is 1. The summed E-state index contributed by atoms with van der Waals surface area (Å²) in [5, 5.41) is 0.136. The molecular weight excluding hydrogens is 288 g/mol. The van der Waals surface area contributed by atoms with Gasteiger partial charge in [-0.05, 0) is 17.7 Å². The van der Waals surface area contributed by atoms with Gasteiger partial charge in [-0.2, -0.15) is 4.31 Å². The molecule has 2 aromatic rings. The van der Waals surface area contributed by atoms with Crippen molar-refractivity contribution in [1.29, 1.82) is 0 Å². The minimum Gasteiger partial charge on any atom is -0.399 e. The van der Waals surface area contributed by atoms with E-state index >= 15 is 0 Å². The number of H-pyrrole nitrogens is 1. The maximum absolute atomic E-state index is 12.6. The number of imidazole rings is 1. The molecule has 0 unspecified atom stereocenters. The van der Waals surface area contributed by atoms with Gasteiger partial charge < -0.3 is 10.7 Å². The summed E-state index contributed by atoms with van der Waals surface area (Å²) in [6.45, 7) is 4.42. The third-order valence-electron chi connectivity index (χ3n) is 3.25. The molecule has 3 N–H and O–H groups in total. The number of nitrogens with zero attached hydrogens (tertiary/aromatic N) is 2. The molecule has 1 heterocycles. The number of aromatic nitrogens is 2. The lowest BCUT2D eigenvalue weighted by Crippen LogP contribution is -2.30. The molecule has 0 aliphatic heterocycles. The Kier molecular flexibility index (Phi) is 4.64. The number of rotatable bonds is 6. The molecule has 0 aliphatic carbocycles. The second kappa shape index (κ2) is 6.28. The van der Waals surface area contributed by atoms with Crippen LogP contribution >= 0.6 is 0 Å². The highest BCUT2D eigenvalue weighted by Crippen LogP contribution is 2.17. The van der Waals surface area contributed by atoms with Gasteiger partial charge in [0, 0.05) is 25.2 Å². The molecule has 7 heteroatoms. The van der Waals surface area contributed by atoms with E-state index in [4.69, 9.17) is 5.73 Å². The SMILES string of the molecule is CCc1ncc(S(=O)(=O)N(CC)Cc2ccc(N)cc2)[nH]1. The maximum Gasteiger partial charge on any atom is 0.260 e. The Morgan fingerprint density at radius 2 is 1.90 bits per heavy atom. The molecule has 1 aromatic heterocycles. The Bertz CT molecular complexity index is 692. The van der Waals surface area contributed by atoms with Crippen LogP contribution in [0.15, 0.2) is 35.5 Å². The number of benzene rings is 1. The molecule has 0 bridgehead atoms. The van der Waals surface area contributed by atoms with Crippen molar-refractivity contribution >= 4 is 15.7 Å². The number of anilines is 1. The third kappa shape index (κ3) is 3.43. The number of hydrogen-bond donors (Lipinski definition) is 2. The highest BCUT2D eigenvalue weighted by molar-refractivity contribution is 7.89. The van der Waals surface area contributed by atoms with Crippen molar-refractivity contribution in [2.24, 2.45) is 0 Å². The van der Waals surface area contributed by atoms with Gasteiger partial charge in [0.2, 0.25) is 0 Å². The van der Waals surface area contributed by atoms with E-state index in [1.165, 1.54) is 10.5 Å². The first-order valence-electron chi connectivity index (χ1n) is 6.85. The van der Waals surface area contributed by atoms with E-state index < -0.39 is 10.0 Å². The zero-order valence-corrected chi connectivity index (χ0v) is 13.0. The highest BCUT2D eigenvalue weighted by Gasteiger charge is 2.25. The van der Waals surface area contributed by atoms with Crippen LogP contribution in [0.25, 0.3) is 0 Å². The molecule has 1 aromatic carbocycles. The van der Waals surface area contributed by atoms with Gasteiger partial charge in [0.05, 0.1) is 6.20 Å². The van der Waals surface area contributed by atoms with Crippen LogP contribution in [-0.4, -0.2) is 29.2 Å². The number of nitrogen functional groups attached to an aromatic ring is 1. The topological polar surface area (TPSA) is 92.1 Å². The first kappa shape index (κ1) is 15.5. The fourth-order valence-electron chi connectivity index (χ4n) is 1.99. The molecule has 0 radical (unpaired) electrons. The smallest absolute Gasteiger partial charge is 0.260 e. The van der Waals surface area contributed by atoms with Gasteiger partial charge in [-0.3, -0.25) is 0 Å². The van der Waals surface area contributed by atoms with Crippen molar-refractivity contribution in [2.75, 3.05) is 12.3 Å². The zero-order chi connectivity index (χ0) is 15.5. The lowest BCUT2D eigenvalue weighted by atomic mass is 10.2. The number of sulfonamides is 1. The summed E-state index contributed by atoms with van der Waals surface area (Å²) < 4.78 is 26.6. The van der Waals surface area contributed by atoms with Gasteiger partial charge in [-0.1, -0.05) is 26.0 Å². The zero-order valence-electron chi connectivity index (χ0n) is 12.2. The third-order valence-corrected chi connectivity index (χ3v) is 5.08. The molecule has 21 heavy (non-hydrogen) atoms. The molecule has 0 atom stereocenters. The average molecular weight is 308 g/mol. The number of hydrogen-bond acceptors (Lipinski definition) is 4. The van der Waals surface area contributed by atoms with Crippen molar-refractivity contribution in [3.05, 3.63) is 41.9 Å². The summed E-state index contributed by atoms with van der Waals surface area (Å²) in [6.07, 6.45) is 2.04. The van der Waals surface area contributed by atoms with Crippen LogP contribution in [0.1, 0.15) is 25.2 Å². The first-order chi connectivity index (χ1) is 9.97. The molecule has 0 amide bonds. The fraction of sp³-hybridized carbons (Fsp3) is 0.357. The molecule has 114 valence electrons. The Hall–Kier alpha value is -1.86. The molecule has 0 saturated carbocycles. The predicted molar refractivity (Wildman–Crippen MR) is 82.1 cm³/mol. The van der Waals surface area contributed by atoms with Crippen molar-refractivity contribution in [3.8, 4) is 0 Å². The van der Waals surface area contributed by atoms with E-state index in [1.807, 2.05) is 26.0 Å². The lowest BCUT2D eigenvalue weighted by Gasteiger charge is -2.19. The maximum atomic E-state index is 12.6. The van der Waals surface area contributed by atoms with E-state index in [0.717, 1.165) is 5.56 Å². The van der Waals surface area contributed by atoms with Gasteiger partial charge in [-0.15, -0.1) is 0 Å². The van der Waals surface area contributed by atoms with E-state index in [0.29, 0.717) is 31.0 Å². The number of aryl methyl sites for hydroxylation is 1. The monoisotopic (exact) mass is 308 g/mol. The van der Waals surface area contributed by atoms with Crippen molar-refractivity contribution in [3.63, 3.8) is 0 Å². The minimum atomic E-state index is -3.56. The van der Waals surface area contributed by atoms with E-state index in [1.54, 1.807) is 12.1 Å². The normalized spacial score (nSPS) is 12.0. The van der Waals surface area contributed by atoms with Gasteiger partial charge in [0.1, 0.15) is 5.82 Å². The first-order valence-corrected chi connectivity index (χ1v) is 8.29. The molecule has 0 fully saturated rings. The van der Waals surface area contributed by atoms with Crippen LogP contribution in [0, 0.1) is 0 Å². The van der Waals surface area contributed by atoms with E-state index in [2.05, 4.69) is 9.97 Å².